The summed E-state index contributed by atoms with van der Waals surface area (Å²) in [6.45, 7) is 7.18. The molecule has 0 aliphatic rings. The molecule has 0 radical (unpaired) electrons. The van der Waals surface area contributed by atoms with Crippen molar-refractivity contribution >= 4 is 33.3 Å². The summed E-state index contributed by atoms with van der Waals surface area (Å²) in [4.78, 5) is 9.02. The number of nitrogens with one attached hydrogen (secondary N) is 2. The molecule has 0 saturated heterocycles. The molecule has 1 heterocycles. The molecule has 112 valence electrons. The van der Waals surface area contributed by atoms with Gasteiger partial charge in [0.05, 0.1) is 0 Å². The maximum atomic E-state index is 4.53. The largest absolute Gasteiger partial charge is 0.370 e. The third kappa shape index (κ3) is 4.43. The van der Waals surface area contributed by atoms with Crippen molar-refractivity contribution in [3.8, 4) is 0 Å². The Bertz CT molecular complexity index is 613. The molecular weight excluding hydrogens is 328 g/mol. The third-order valence-electron chi connectivity index (χ3n) is 3.09. The molecular formula is C16H21BrN4. The van der Waals surface area contributed by atoms with Crippen molar-refractivity contribution in [2.45, 2.75) is 33.6 Å². The second-order valence-corrected chi connectivity index (χ2v) is 5.78. The number of anilines is 3. The van der Waals surface area contributed by atoms with Gasteiger partial charge in [-0.3, -0.25) is 0 Å². The van der Waals surface area contributed by atoms with Crippen LogP contribution in [0.1, 0.15) is 31.7 Å². The van der Waals surface area contributed by atoms with Crippen LogP contribution in [-0.4, -0.2) is 16.5 Å². The lowest BCUT2D eigenvalue weighted by Gasteiger charge is -2.11. The molecule has 1 aromatic heterocycles. The summed E-state index contributed by atoms with van der Waals surface area (Å²) in [6.07, 6.45) is 1.88. The molecule has 0 saturated carbocycles. The van der Waals surface area contributed by atoms with E-state index in [1.165, 1.54) is 5.56 Å². The summed E-state index contributed by atoms with van der Waals surface area (Å²) in [6, 6.07) is 8.13. The SMILES string of the molecule is CCCNc1cc(Nc2ccc(C)c(Br)c2)nc(CC)n1. The van der Waals surface area contributed by atoms with Gasteiger partial charge in [0.1, 0.15) is 17.5 Å². The first-order chi connectivity index (χ1) is 10.1. The van der Waals surface area contributed by atoms with Gasteiger partial charge in [-0.25, -0.2) is 9.97 Å². The van der Waals surface area contributed by atoms with E-state index in [4.69, 9.17) is 0 Å². The molecule has 21 heavy (non-hydrogen) atoms. The fraction of sp³-hybridized carbons (Fsp3) is 0.375. The smallest absolute Gasteiger partial charge is 0.136 e. The van der Waals surface area contributed by atoms with Crippen LogP contribution in [-0.2, 0) is 6.42 Å². The fourth-order valence-electron chi connectivity index (χ4n) is 1.88. The zero-order chi connectivity index (χ0) is 15.2. The Morgan fingerprint density at radius 2 is 1.86 bits per heavy atom. The number of halogens is 1. The van der Waals surface area contributed by atoms with Crippen LogP contribution in [0.25, 0.3) is 0 Å². The highest BCUT2D eigenvalue weighted by atomic mass is 79.9. The Hall–Kier alpha value is -1.62. The molecule has 1 aromatic carbocycles. The predicted octanol–water partition coefficient (Wildman–Crippen LogP) is 4.68. The van der Waals surface area contributed by atoms with E-state index in [1.807, 2.05) is 12.1 Å². The van der Waals surface area contributed by atoms with E-state index in [9.17, 15) is 0 Å². The number of nitrogens with zero attached hydrogens (tertiary/aromatic N) is 2. The molecule has 2 aromatic rings. The van der Waals surface area contributed by atoms with Gasteiger partial charge in [-0.15, -0.1) is 0 Å². The molecule has 4 nitrogen and oxygen atoms in total. The van der Waals surface area contributed by atoms with Crippen LogP contribution >= 0.6 is 15.9 Å². The van der Waals surface area contributed by atoms with Crippen LogP contribution in [0.3, 0.4) is 0 Å². The van der Waals surface area contributed by atoms with E-state index in [2.05, 4.69) is 69.4 Å². The summed E-state index contributed by atoms with van der Waals surface area (Å²) in [5.41, 5.74) is 2.22. The minimum atomic E-state index is 0.813. The van der Waals surface area contributed by atoms with E-state index in [1.54, 1.807) is 0 Å². The van der Waals surface area contributed by atoms with E-state index in [0.717, 1.165) is 47.0 Å². The van der Waals surface area contributed by atoms with Crippen LogP contribution in [0.15, 0.2) is 28.7 Å². The summed E-state index contributed by atoms with van der Waals surface area (Å²) in [5, 5.41) is 6.66. The van der Waals surface area contributed by atoms with E-state index >= 15 is 0 Å². The monoisotopic (exact) mass is 348 g/mol. The maximum Gasteiger partial charge on any atom is 0.136 e. The molecule has 0 fully saturated rings. The van der Waals surface area contributed by atoms with E-state index in [-0.39, 0.29) is 0 Å². The van der Waals surface area contributed by atoms with Crippen molar-refractivity contribution in [2.24, 2.45) is 0 Å². The molecule has 0 spiro atoms. The first-order valence-corrected chi connectivity index (χ1v) is 8.06. The van der Waals surface area contributed by atoms with Gasteiger partial charge in [-0.1, -0.05) is 35.8 Å². The minimum Gasteiger partial charge on any atom is -0.370 e. The lowest BCUT2D eigenvalue weighted by Crippen LogP contribution is -2.06. The van der Waals surface area contributed by atoms with Crippen LogP contribution in [0, 0.1) is 6.92 Å². The lowest BCUT2D eigenvalue weighted by molar-refractivity contribution is 0.919. The van der Waals surface area contributed by atoms with Crippen molar-refractivity contribution in [3.05, 3.63) is 40.1 Å². The zero-order valence-electron chi connectivity index (χ0n) is 12.7. The van der Waals surface area contributed by atoms with Gasteiger partial charge in [0.2, 0.25) is 0 Å². The van der Waals surface area contributed by atoms with E-state index < -0.39 is 0 Å². The summed E-state index contributed by atoms with van der Waals surface area (Å²) in [7, 11) is 0. The average molecular weight is 349 g/mol. The maximum absolute atomic E-state index is 4.53. The highest BCUT2D eigenvalue weighted by Crippen LogP contribution is 2.23. The first-order valence-electron chi connectivity index (χ1n) is 7.27. The molecule has 2 N–H and O–H groups in total. The topological polar surface area (TPSA) is 49.8 Å². The number of rotatable bonds is 6. The predicted molar refractivity (Wildman–Crippen MR) is 92.4 cm³/mol. The number of aromatic nitrogens is 2. The van der Waals surface area contributed by atoms with Crippen molar-refractivity contribution in [3.63, 3.8) is 0 Å². The molecule has 0 unspecified atom stereocenters. The third-order valence-corrected chi connectivity index (χ3v) is 3.94. The fourth-order valence-corrected chi connectivity index (χ4v) is 2.26. The second kappa shape index (κ2) is 7.41. The average Bonchev–Trinajstić information content (AvgIpc) is 2.48. The number of aryl methyl sites for hydroxylation is 2. The first kappa shape index (κ1) is 15.8. The lowest BCUT2D eigenvalue weighted by atomic mass is 10.2. The Balaban J connectivity index is 2.23. The normalized spacial score (nSPS) is 10.5. The van der Waals surface area contributed by atoms with E-state index in [0.29, 0.717) is 0 Å². The molecule has 5 heteroatoms. The Kier molecular flexibility index (Phi) is 5.56. The van der Waals surface area contributed by atoms with Crippen LogP contribution in [0.4, 0.5) is 17.3 Å². The summed E-state index contributed by atoms with van der Waals surface area (Å²) < 4.78 is 1.08. The number of hydrogen-bond donors (Lipinski definition) is 2. The van der Waals surface area contributed by atoms with Gasteiger partial charge in [0, 0.05) is 29.2 Å². The van der Waals surface area contributed by atoms with Gasteiger partial charge >= 0.3 is 0 Å². The van der Waals surface area contributed by atoms with Crippen molar-refractivity contribution in [1.29, 1.82) is 0 Å². The Morgan fingerprint density at radius 3 is 2.52 bits per heavy atom. The molecule has 0 aliphatic heterocycles. The van der Waals surface area contributed by atoms with Crippen molar-refractivity contribution < 1.29 is 0 Å². The van der Waals surface area contributed by atoms with Crippen molar-refractivity contribution in [1.82, 2.24) is 9.97 Å². The molecule has 0 bridgehead atoms. The number of benzene rings is 1. The summed E-state index contributed by atoms with van der Waals surface area (Å²) >= 11 is 3.55. The molecule has 2 rings (SSSR count). The molecule has 0 atom stereocenters. The van der Waals surface area contributed by atoms with Gasteiger partial charge in [-0.2, -0.15) is 0 Å². The van der Waals surface area contributed by atoms with Crippen LogP contribution in [0.5, 0.6) is 0 Å². The highest BCUT2D eigenvalue weighted by molar-refractivity contribution is 9.10. The molecule has 0 aliphatic carbocycles. The Morgan fingerprint density at radius 1 is 1.10 bits per heavy atom. The van der Waals surface area contributed by atoms with Gasteiger partial charge < -0.3 is 10.6 Å². The number of hydrogen-bond acceptors (Lipinski definition) is 4. The minimum absolute atomic E-state index is 0.813. The second-order valence-electron chi connectivity index (χ2n) is 4.92. The van der Waals surface area contributed by atoms with Gasteiger partial charge in [0.25, 0.3) is 0 Å². The van der Waals surface area contributed by atoms with Gasteiger partial charge in [0.15, 0.2) is 0 Å². The molecule has 0 amide bonds. The standard InChI is InChI=1S/C16H21BrN4/c1-4-8-18-15-10-16(21-14(5-2)20-15)19-12-7-6-11(3)13(17)9-12/h6-7,9-10H,4-5,8H2,1-3H3,(H2,18,19,20,21). The summed E-state index contributed by atoms with van der Waals surface area (Å²) in [5.74, 6) is 2.53. The highest BCUT2D eigenvalue weighted by Gasteiger charge is 2.05. The Labute approximate surface area is 134 Å². The zero-order valence-corrected chi connectivity index (χ0v) is 14.3. The quantitative estimate of drug-likeness (QED) is 0.795. The van der Waals surface area contributed by atoms with Gasteiger partial charge in [-0.05, 0) is 31.0 Å². The van der Waals surface area contributed by atoms with Crippen LogP contribution in [0.2, 0.25) is 0 Å². The van der Waals surface area contributed by atoms with Crippen molar-refractivity contribution in [2.75, 3.05) is 17.2 Å². The van der Waals surface area contributed by atoms with Crippen LogP contribution < -0.4 is 10.6 Å².